The van der Waals surface area contributed by atoms with Gasteiger partial charge in [-0.25, -0.2) is 0 Å². The van der Waals surface area contributed by atoms with E-state index < -0.39 is 0 Å². The fraction of sp³-hybridized carbons (Fsp3) is 0.231. The standard InChI is InChI=1S/C13H12OS/c1-2-4-11-9-12(6-5-10(11)3-1)13-14-7-8-15-13/h1-6,9,13H,7-8H2. The highest BCUT2D eigenvalue weighted by atomic mass is 32.2. The molecule has 15 heavy (non-hydrogen) atoms. The van der Waals surface area contributed by atoms with Gasteiger partial charge >= 0.3 is 0 Å². The molecule has 3 rings (SSSR count). The van der Waals surface area contributed by atoms with Gasteiger partial charge in [0.05, 0.1) is 6.61 Å². The van der Waals surface area contributed by atoms with Gasteiger partial charge in [-0.05, 0) is 22.4 Å². The molecule has 2 aromatic carbocycles. The molecule has 1 aliphatic rings. The molecule has 1 aliphatic heterocycles. The van der Waals surface area contributed by atoms with Crippen LogP contribution in [0.2, 0.25) is 0 Å². The van der Waals surface area contributed by atoms with Crippen LogP contribution in [0.3, 0.4) is 0 Å². The van der Waals surface area contributed by atoms with Gasteiger partial charge in [0.2, 0.25) is 0 Å². The average Bonchev–Trinajstić information content (AvgIpc) is 2.82. The van der Waals surface area contributed by atoms with Crippen LogP contribution in [-0.4, -0.2) is 12.4 Å². The lowest BCUT2D eigenvalue weighted by Crippen LogP contribution is -1.92. The molecule has 0 N–H and O–H groups in total. The van der Waals surface area contributed by atoms with Crippen molar-refractivity contribution >= 4 is 22.5 Å². The summed E-state index contributed by atoms with van der Waals surface area (Å²) in [4.78, 5) is 0. The first-order valence-corrected chi connectivity index (χ1v) is 6.20. The summed E-state index contributed by atoms with van der Waals surface area (Å²) in [7, 11) is 0. The first-order chi connectivity index (χ1) is 7.43. The lowest BCUT2D eigenvalue weighted by atomic mass is 10.1. The van der Waals surface area contributed by atoms with Gasteiger partial charge in [-0.15, -0.1) is 11.8 Å². The van der Waals surface area contributed by atoms with Gasteiger partial charge in [0, 0.05) is 5.75 Å². The van der Waals surface area contributed by atoms with E-state index in [4.69, 9.17) is 4.74 Å². The number of benzene rings is 2. The quantitative estimate of drug-likeness (QED) is 0.720. The minimum Gasteiger partial charge on any atom is -0.362 e. The normalized spacial score (nSPS) is 20.9. The second-order valence-corrected chi connectivity index (χ2v) is 4.85. The van der Waals surface area contributed by atoms with Crippen molar-refractivity contribution in [3.8, 4) is 0 Å². The fourth-order valence-corrected chi connectivity index (χ4v) is 2.84. The molecular weight excluding hydrogens is 204 g/mol. The molecule has 0 bridgehead atoms. The molecule has 1 unspecified atom stereocenters. The topological polar surface area (TPSA) is 9.23 Å². The Bertz CT molecular complexity index is 475. The summed E-state index contributed by atoms with van der Waals surface area (Å²) in [5, 5.41) is 2.59. The minimum atomic E-state index is 0.245. The molecule has 0 radical (unpaired) electrons. The summed E-state index contributed by atoms with van der Waals surface area (Å²) in [6, 6.07) is 15.0. The van der Waals surface area contributed by atoms with Crippen LogP contribution >= 0.6 is 11.8 Å². The van der Waals surface area contributed by atoms with Crippen molar-refractivity contribution in [2.75, 3.05) is 12.4 Å². The van der Waals surface area contributed by atoms with E-state index in [-0.39, 0.29) is 5.44 Å². The zero-order chi connectivity index (χ0) is 10.1. The number of rotatable bonds is 1. The van der Waals surface area contributed by atoms with Crippen molar-refractivity contribution in [2.24, 2.45) is 0 Å². The van der Waals surface area contributed by atoms with Crippen molar-refractivity contribution in [1.29, 1.82) is 0 Å². The summed E-state index contributed by atoms with van der Waals surface area (Å²) < 4.78 is 5.65. The van der Waals surface area contributed by atoms with Gasteiger partial charge in [0.15, 0.2) is 0 Å². The number of hydrogen-bond donors (Lipinski definition) is 0. The average molecular weight is 216 g/mol. The van der Waals surface area contributed by atoms with Gasteiger partial charge in [-0.1, -0.05) is 36.4 Å². The van der Waals surface area contributed by atoms with E-state index in [0.29, 0.717) is 0 Å². The maximum atomic E-state index is 5.65. The van der Waals surface area contributed by atoms with E-state index in [1.807, 2.05) is 11.8 Å². The summed E-state index contributed by atoms with van der Waals surface area (Å²) in [5.74, 6) is 1.11. The van der Waals surface area contributed by atoms with E-state index in [1.165, 1.54) is 16.3 Å². The monoisotopic (exact) mass is 216 g/mol. The van der Waals surface area contributed by atoms with E-state index in [0.717, 1.165) is 12.4 Å². The molecule has 0 aliphatic carbocycles. The molecule has 1 fully saturated rings. The Morgan fingerprint density at radius 3 is 2.73 bits per heavy atom. The molecule has 0 saturated carbocycles. The summed E-state index contributed by atoms with van der Waals surface area (Å²) in [6.45, 7) is 0.877. The van der Waals surface area contributed by atoms with Crippen LogP contribution in [-0.2, 0) is 4.74 Å². The maximum absolute atomic E-state index is 5.65. The number of fused-ring (bicyclic) bond motifs is 1. The molecule has 0 spiro atoms. The zero-order valence-corrected chi connectivity index (χ0v) is 9.17. The fourth-order valence-electron chi connectivity index (χ4n) is 1.91. The van der Waals surface area contributed by atoms with E-state index >= 15 is 0 Å². The molecule has 1 atom stereocenters. The van der Waals surface area contributed by atoms with Crippen LogP contribution in [0, 0.1) is 0 Å². The van der Waals surface area contributed by atoms with Crippen LogP contribution in [0.15, 0.2) is 42.5 Å². The van der Waals surface area contributed by atoms with Crippen LogP contribution in [0.1, 0.15) is 11.0 Å². The Balaban J connectivity index is 2.05. The van der Waals surface area contributed by atoms with Gasteiger partial charge in [0.25, 0.3) is 0 Å². The number of hydrogen-bond acceptors (Lipinski definition) is 2. The molecule has 0 amide bonds. The molecular formula is C13H12OS. The van der Waals surface area contributed by atoms with E-state index in [9.17, 15) is 0 Å². The van der Waals surface area contributed by atoms with Gasteiger partial charge < -0.3 is 4.74 Å². The summed E-state index contributed by atoms with van der Waals surface area (Å²) in [6.07, 6.45) is 0. The SMILES string of the molecule is c1ccc2cc(C3OCCS3)ccc2c1. The van der Waals surface area contributed by atoms with Gasteiger partial charge in [-0.3, -0.25) is 0 Å². The summed E-state index contributed by atoms with van der Waals surface area (Å²) in [5.41, 5.74) is 1.53. The Kier molecular flexibility index (Phi) is 2.39. The minimum absolute atomic E-state index is 0.245. The lowest BCUT2D eigenvalue weighted by Gasteiger charge is -2.09. The molecule has 0 aromatic heterocycles. The predicted octanol–water partition coefficient (Wildman–Crippen LogP) is 3.60. The molecule has 1 heterocycles. The number of thioether (sulfide) groups is 1. The van der Waals surface area contributed by atoms with Crippen molar-refractivity contribution in [2.45, 2.75) is 5.44 Å². The third-order valence-electron chi connectivity index (χ3n) is 2.67. The highest BCUT2D eigenvalue weighted by Crippen LogP contribution is 2.35. The van der Waals surface area contributed by atoms with Crippen LogP contribution in [0.25, 0.3) is 10.8 Å². The molecule has 2 aromatic rings. The van der Waals surface area contributed by atoms with Crippen LogP contribution in [0.5, 0.6) is 0 Å². The third-order valence-corrected chi connectivity index (χ3v) is 3.78. The van der Waals surface area contributed by atoms with Gasteiger partial charge in [0.1, 0.15) is 5.44 Å². The first kappa shape index (κ1) is 9.25. The van der Waals surface area contributed by atoms with Crippen LogP contribution < -0.4 is 0 Å². The smallest absolute Gasteiger partial charge is 0.128 e. The predicted molar refractivity (Wildman–Crippen MR) is 65.1 cm³/mol. The third kappa shape index (κ3) is 1.75. The summed E-state index contributed by atoms with van der Waals surface area (Å²) >= 11 is 1.88. The molecule has 76 valence electrons. The van der Waals surface area contributed by atoms with Gasteiger partial charge in [-0.2, -0.15) is 0 Å². The second kappa shape index (κ2) is 3.87. The Labute approximate surface area is 93.4 Å². The van der Waals surface area contributed by atoms with Crippen molar-refractivity contribution in [3.63, 3.8) is 0 Å². The Hall–Kier alpha value is -0.990. The Morgan fingerprint density at radius 1 is 1.07 bits per heavy atom. The first-order valence-electron chi connectivity index (χ1n) is 5.15. The molecule has 1 saturated heterocycles. The van der Waals surface area contributed by atoms with E-state index in [1.54, 1.807) is 0 Å². The van der Waals surface area contributed by atoms with Crippen molar-refractivity contribution in [1.82, 2.24) is 0 Å². The second-order valence-electron chi connectivity index (χ2n) is 3.68. The zero-order valence-electron chi connectivity index (χ0n) is 8.35. The van der Waals surface area contributed by atoms with E-state index in [2.05, 4.69) is 42.5 Å². The number of ether oxygens (including phenoxy) is 1. The highest BCUT2D eigenvalue weighted by molar-refractivity contribution is 7.99. The lowest BCUT2D eigenvalue weighted by molar-refractivity contribution is 0.145. The molecule has 2 heteroatoms. The maximum Gasteiger partial charge on any atom is 0.128 e. The van der Waals surface area contributed by atoms with Crippen LogP contribution in [0.4, 0.5) is 0 Å². The largest absolute Gasteiger partial charge is 0.362 e. The highest BCUT2D eigenvalue weighted by Gasteiger charge is 2.17. The van der Waals surface area contributed by atoms with Crippen molar-refractivity contribution in [3.05, 3.63) is 48.0 Å². The van der Waals surface area contributed by atoms with Crippen molar-refractivity contribution < 1.29 is 4.74 Å². The molecule has 1 nitrogen and oxygen atoms in total. The Morgan fingerprint density at radius 2 is 1.93 bits per heavy atom.